The second-order valence-corrected chi connectivity index (χ2v) is 3.93. The molecule has 1 amide bonds. The van der Waals surface area contributed by atoms with Crippen molar-refractivity contribution in [3.63, 3.8) is 0 Å². The zero-order valence-corrected chi connectivity index (χ0v) is 11.3. The molecule has 0 unspecified atom stereocenters. The van der Waals surface area contributed by atoms with E-state index >= 15 is 0 Å². The fourth-order valence-corrected chi connectivity index (χ4v) is 1.67. The largest absolute Gasteiger partial charge is 0.465 e. The first-order chi connectivity index (χ1) is 8.49. The maximum absolute atomic E-state index is 12.2. The molecule has 18 heavy (non-hydrogen) atoms. The number of aromatic nitrogens is 2. The van der Waals surface area contributed by atoms with Gasteiger partial charge in [0.15, 0.2) is 0 Å². The van der Waals surface area contributed by atoms with Crippen molar-refractivity contribution < 1.29 is 14.3 Å². The average molecular weight is 253 g/mol. The van der Waals surface area contributed by atoms with Crippen molar-refractivity contribution in [3.05, 3.63) is 17.5 Å². The summed E-state index contributed by atoms with van der Waals surface area (Å²) in [6.07, 6.45) is 1.66. The van der Waals surface area contributed by atoms with Gasteiger partial charge in [-0.2, -0.15) is 5.10 Å². The molecule has 1 heterocycles. The van der Waals surface area contributed by atoms with E-state index in [2.05, 4.69) is 5.10 Å². The highest BCUT2D eigenvalue weighted by Gasteiger charge is 2.21. The van der Waals surface area contributed by atoms with E-state index in [0.717, 1.165) is 0 Å². The van der Waals surface area contributed by atoms with Gasteiger partial charge in [-0.25, -0.2) is 0 Å². The summed E-state index contributed by atoms with van der Waals surface area (Å²) in [6, 6.07) is 0. The number of nitrogens with zero attached hydrogens (tertiary/aromatic N) is 3. The van der Waals surface area contributed by atoms with Gasteiger partial charge >= 0.3 is 5.97 Å². The zero-order valence-electron chi connectivity index (χ0n) is 11.3. The normalized spacial score (nSPS) is 10.2. The zero-order chi connectivity index (χ0) is 13.7. The van der Waals surface area contributed by atoms with Crippen LogP contribution in [0.1, 0.15) is 29.9 Å². The van der Waals surface area contributed by atoms with E-state index in [1.807, 2.05) is 6.92 Å². The Hall–Kier alpha value is -1.85. The third-order valence-electron chi connectivity index (χ3n) is 2.54. The minimum Gasteiger partial charge on any atom is -0.465 e. The Balaban J connectivity index is 2.79. The summed E-state index contributed by atoms with van der Waals surface area (Å²) in [6.45, 7) is 6.07. The first kappa shape index (κ1) is 14.2. The lowest BCUT2D eigenvalue weighted by molar-refractivity contribution is -0.143. The van der Waals surface area contributed by atoms with Crippen molar-refractivity contribution in [2.45, 2.75) is 20.8 Å². The summed E-state index contributed by atoms with van der Waals surface area (Å²) in [5.74, 6) is -0.592. The smallest absolute Gasteiger partial charge is 0.325 e. The Morgan fingerprint density at radius 1 is 1.44 bits per heavy atom. The molecule has 0 aliphatic carbocycles. The predicted octanol–water partition coefficient (Wildman–Crippen LogP) is 0.754. The maximum atomic E-state index is 12.2. The van der Waals surface area contributed by atoms with Crippen molar-refractivity contribution in [1.29, 1.82) is 0 Å². The molecule has 0 saturated heterocycles. The molecule has 6 nitrogen and oxygen atoms in total. The van der Waals surface area contributed by atoms with E-state index in [-0.39, 0.29) is 12.5 Å². The molecule has 6 heteroatoms. The Labute approximate surface area is 107 Å². The van der Waals surface area contributed by atoms with E-state index in [9.17, 15) is 9.59 Å². The van der Waals surface area contributed by atoms with Gasteiger partial charge in [-0.05, 0) is 20.8 Å². The third kappa shape index (κ3) is 3.32. The Morgan fingerprint density at radius 2 is 2.11 bits per heavy atom. The van der Waals surface area contributed by atoms with Crippen molar-refractivity contribution in [2.24, 2.45) is 7.05 Å². The highest BCUT2D eigenvalue weighted by Crippen LogP contribution is 2.09. The molecule has 100 valence electrons. The summed E-state index contributed by atoms with van der Waals surface area (Å²) >= 11 is 0. The van der Waals surface area contributed by atoms with Crippen molar-refractivity contribution in [3.8, 4) is 0 Å². The van der Waals surface area contributed by atoms with Gasteiger partial charge in [-0.3, -0.25) is 14.3 Å². The van der Waals surface area contributed by atoms with E-state index in [0.29, 0.717) is 24.4 Å². The van der Waals surface area contributed by atoms with Gasteiger partial charge in [0.1, 0.15) is 6.54 Å². The van der Waals surface area contributed by atoms with Gasteiger partial charge in [0, 0.05) is 19.8 Å². The van der Waals surface area contributed by atoms with Crippen LogP contribution in [0.5, 0.6) is 0 Å². The number of rotatable bonds is 5. The lowest BCUT2D eigenvalue weighted by atomic mass is 10.2. The summed E-state index contributed by atoms with van der Waals surface area (Å²) in [4.78, 5) is 25.1. The number of carbonyl (C=O) groups excluding carboxylic acids is 2. The maximum Gasteiger partial charge on any atom is 0.325 e. The predicted molar refractivity (Wildman–Crippen MR) is 66.2 cm³/mol. The highest BCUT2D eigenvalue weighted by atomic mass is 16.5. The number of amides is 1. The molecule has 0 saturated carbocycles. The van der Waals surface area contributed by atoms with Crippen LogP contribution in [0.4, 0.5) is 0 Å². The molecule has 0 bridgehead atoms. The fourth-order valence-electron chi connectivity index (χ4n) is 1.67. The molecule has 0 atom stereocenters. The van der Waals surface area contributed by atoms with Crippen LogP contribution in [0.2, 0.25) is 0 Å². The van der Waals surface area contributed by atoms with Crippen LogP contribution in [0.3, 0.4) is 0 Å². The topological polar surface area (TPSA) is 64.4 Å². The number of esters is 1. The lowest BCUT2D eigenvalue weighted by Crippen LogP contribution is -2.36. The van der Waals surface area contributed by atoms with Gasteiger partial charge in [0.25, 0.3) is 5.91 Å². The van der Waals surface area contributed by atoms with Crippen molar-refractivity contribution in [2.75, 3.05) is 19.7 Å². The standard InChI is InChI=1S/C12H19N3O3/c1-5-15(8-11(16)18-6-2)12(17)10-7-14(4)13-9(10)3/h7H,5-6,8H2,1-4H3. The first-order valence-corrected chi connectivity index (χ1v) is 5.94. The number of hydrogen-bond acceptors (Lipinski definition) is 4. The van der Waals surface area contributed by atoms with E-state index in [1.54, 1.807) is 31.8 Å². The van der Waals surface area contributed by atoms with E-state index in [4.69, 9.17) is 4.74 Å². The summed E-state index contributed by atoms with van der Waals surface area (Å²) in [5.41, 5.74) is 1.17. The highest BCUT2D eigenvalue weighted by molar-refractivity contribution is 5.96. The Morgan fingerprint density at radius 3 is 2.56 bits per heavy atom. The first-order valence-electron chi connectivity index (χ1n) is 5.94. The molecule has 0 aliphatic rings. The average Bonchev–Trinajstić information content (AvgIpc) is 2.65. The quantitative estimate of drug-likeness (QED) is 0.726. The van der Waals surface area contributed by atoms with Crippen LogP contribution in [-0.2, 0) is 16.6 Å². The molecule has 1 aromatic heterocycles. The van der Waals surface area contributed by atoms with Gasteiger partial charge in [0.2, 0.25) is 0 Å². The SMILES string of the molecule is CCOC(=O)CN(CC)C(=O)c1cn(C)nc1C. The molecule has 0 radical (unpaired) electrons. The molecular formula is C12H19N3O3. The van der Waals surface area contributed by atoms with Gasteiger partial charge in [0.05, 0.1) is 17.9 Å². The number of likely N-dealkylation sites (N-methyl/N-ethyl adjacent to an activating group) is 1. The summed E-state index contributed by atoms with van der Waals surface area (Å²) in [7, 11) is 1.76. The van der Waals surface area contributed by atoms with Crippen LogP contribution < -0.4 is 0 Å². The summed E-state index contributed by atoms with van der Waals surface area (Å²) < 4.78 is 6.43. The van der Waals surface area contributed by atoms with Crippen LogP contribution in [0.25, 0.3) is 0 Å². The third-order valence-corrected chi connectivity index (χ3v) is 2.54. The minimum absolute atomic E-state index is 0.0303. The van der Waals surface area contributed by atoms with E-state index < -0.39 is 5.97 Å². The fraction of sp³-hybridized carbons (Fsp3) is 0.583. The van der Waals surface area contributed by atoms with Crippen LogP contribution >= 0.6 is 0 Å². The summed E-state index contributed by atoms with van der Waals surface area (Å²) in [5, 5.41) is 4.12. The number of hydrogen-bond donors (Lipinski definition) is 0. The lowest BCUT2D eigenvalue weighted by Gasteiger charge is -2.19. The minimum atomic E-state index is -0.394. The molecule has 1 rings (SSSR count). The van der Waals surface area contributed by atoms with E-state index in [1.165, 1.54) is 4.90 Å². The van der Waals surface area contributed by atoms with Crippen molar-refractivity contribution in [1.82, 2.24) is 14.7 Å². The Bertz CT molecular complexity index is 440. The van der Waals surface area contributed by atoms with Gasteiger partial charge in [-0.15, -0.1) is 0 Å². The molecule has 1 aromatic rings. The van der Waals surface area contributed by atoms with Crippen LogP contribution in [0, 0.1) is 6.92 Å². The number of ether oxygens (including phenoxy) is 1. The van der Waals surface area contributed by atoms with Gasteiger partial charge < -0.3 is 9.64 Å². The number of carbonyl (C=O) groups is 2. The molecule has 0 spiro atoms. The second-order valence-electron chi connectivity index (χ2n) is 3.93. The van der Waals surface area contributed by atoms with Gasteiger partial charge in [-0.1, -0.05) is 0 Å². The molecule has 0 aliphatic heterocycles. The molecule has 0 N–H and O–H groups in total. The van der Waals surface area contributed by atoms with Crippen LogP contribution in [0.15, 0.2) is 6.20 Å². The monoisotopic (exact) mass is 253 g/mol. The molecule has 0 aromatic carbocycles. The molecular weight excluding hydrogens is 234 g/mol. The second kappa shape index (κ2) is 6.18. The van der Waals surface area contributed by atoms with Crippen LogP contribution in [-0.4, -0.2) is 46.3 Å². The molecule has 0 fully saturated rings. The number of aryl methyl sites for hydroxylation is 2. The van der Waals surface area contributed by atoms with Crippen molar-refractivity contribution >= 4 is 11.9 Å². The Kier molecular flexibility index (Phi) is 4.88.